The fourth-order valence-corrected chi connectivity index (χ4v) is 3.12. The first-order valence-electron chi connectivity index (χ1n) is 7.07. The van der Waals surface area contributed by atoms with Crippen LogP contribution in [-0.2, 0) is 11.8 Å². The second kappa shape index (κ2) is 4.56. The highest BCUT2D eigenvalue weighted by Crippen LogP contribution is 2.35. The zero-order chi connectivity index (χ0) is 15.3. The van der Waals surface area contributed by atoms with Gasteiger partial charge in [-0.15, -0.1) is 0 Å². The molecule has 0 bridgehead atoms. The van der Waals surface area contributed by atoms with Crippen molar-refractivity contribution in [2.45, 2.75) is 12.3 Å². The molecular weight excluding hydrogens is 280 g/mol. The van der Waals surface area contributed by atoms with Gasteiger partial charge in [0.05, 0.1) is 11.7 Å². The summed E-state index contributed by atoms with van der Waals surface area (Å²) in [7, 11) is 1.76. The van der Waals surface area contributed by atoms with Gasteiger partial charge in [0.1, 0.15) is 5.82 Å². The lowest BCUT2D eigenvalue weighted by molar-refractivity contribution is -0.116. The molecule has 3 heterocycles. The molecule has 6 heteroatoms. The van der Waals surface area contributed by atoms with Crippen LogP contribution >= 0.6 is 0 Å². The van der Waals surface area contributed by atoms with E-state index in [1.165, 1.54) is 0 Å². The first-order valence-corrected chi connectivity index (χ1v) is 7.07. The number of aromatic amines is 1. The summed E-state index contributed by atoms with van der Waals surface area (Å²) in [5.74, 6) is 0.194. The molecule has 1 amide bonds. The Balaban J connectivity index is 1.98. The Bertz CT molecular complexity index is 954. The Morgan fingerprint density at radius 3 is 2.91 bits per heavy atom. The summed E-state index contributed by atoms with van der Waals surface area (Å²) < 4.78 is 1.64. The van der Waals surface area contributed by atoms with Crippen LogP contribution in [0.15, 0.2) is 41.3 Å². The molecule has 0 fully saturated rings. The lowest BCUT2D eigenvalue weighted by atomic mass is 9.87. The van der Waals surface area contributed by atoms with Crippen molar-refractivity contribution in [3.63, 3.8) is 0 Å². The molecule has 3 aromatic rings. The number of carbonyl (C=O) groups is 1. The second-order valence-corrected chi connectivity index (χ2v) is 5.53. The van der Waals surface area contributed by atoms with Crippen LogP contribution in [0.4, 0.5) is 5.82 Å². The highest BCUT2D eigenvalue weighted by Gasteiger charge is 2.30. The quantitative estimate of drug-likeness (QED) is 0.717. The predicted molar refractivity (Wildman–Crippen MR) is 82.9 cm³/mol. The van der Waals surface area contributed by atoms with Crippen molar-refractivity contribution in [2.75, 3.05) is 5.32 Å². The number of rotatable bonds is 1. The average molecular weight is 294 g/mol. The van der Waals surface area contributed by atoms with E-state index in [4.69, 9.17) is 0 Å². The van der Waals surface area contributed by atoms with Crippen molar-refractivity contribution in [1.29, 1.82) is 0 Å². The van der Waals surface area contributed by atoms with E-state index >= 15 is 0 Å². The number of amides is 1. The minimum absolute atomic E-state index is 0.0782. The van der Waals surface area contributed by atoms with Crippen molar-refractivity contribution < 1.29 is 4.79 Å². The van der Waals surface area contributed by atoms with Crippen LogP contribution in [0, 0.1) is 0 Å². The molecule has 6 nitrogen and oxygen atoms in total. The standard InChI is InChI=1S/C16H14N4O2/c1-20-13-5-3-2-4-9(13)6-11(16(20)22)10-7-14(21)18-15-12(10)8-17-19-15/h2-6,8,10H,7H2,1H3,(H2,17,18,19,21). The van der Waals surface area contributed by atoms with Crippen LogP contribution in [0.1, 0.15) is 23.5 Å². The monoisotopic (exact) mass is 294 g/mol. The van der Waals surface area contributed by atoms with E-state index in [9.17, 15) is 9.59 Å². The van der Waals surface area contributed by atoms with E-state index in [1.54, 1.807) is 17.8 Å². The lowest BCUT2D eigenvalue weighted by Gasteiger charge is -2.22. The molecule has 0 radical (unpaired) electrons. The summed E-state index contributed by atoms with van der Waals surface area (Å²) in [5, 5.41) is 10.5. The molecule has 0 spiro atoms. The van der Waals surface area contributed by atoms with Crippen molar-refractivity contribution in [3.05, 3.63) is 58.0 Å². The Hall–Kier alpha value is -2.89. The number of para-hydroxylation sites is 1. The molecule has 0 saturated carbocycles. The van der Waals surface area contributed by atoms with Crippen molar-refractivity contribution in [3.8, 4) is 0 Å². The average Bonchev–Trinajstić information content (AvgIpc) is 2.98. The van der Waals surface area contributed by atoms with Crippen LogP contribution in [0.25, 0.3) is 10.9 Å². The first kappa shape index (κ1) is 12.8. The molecule has 1 aliphatic rings. The number of benzene rings is 1. The number of aryl methyl sites for hydroxylation is 1. The van der Waals surface area contributed by atoms with Crippen LogP contribution in [0.5, 0.6) is 0 Å². The summed E-state index contributed by atoms with van der Waals surface area (Å²) in [6.45, 7) is 0. The lowest BCUT2D eigenvalue weighted by Crippen LogP contribution is -2.29. The molecular formula is C16H14N4O2. The molecule has 2 N–H and O–H groups in total. The number of hydrogen-bond acceptors (Lipinski definition) is 3. The molecule has 0 saturated heterocycles. The van der Waals surface area contributed by atoms with E-state index in [0.717, 1.165) is 16.5 Å². The maximum atomic E-state index is 12.7. The Labute approximate surface area is 125 Å². The van der Waals surface area contributed by atoms with Gasteiger partial charge in [-0.2, -0.15) is 5.10 Å². The van der Waals surface area contributed by atoms with Crippen LogP contribution in [0.3, 0.4) is 0 Å². The van der Waals surface area contributed by atoms with Crippen LogP contribution in [-0.4, -0.2) is 20.7 Å². The van der Waals surface area contributed by atoms with Crippen LogP contribution in [0.2, 0.25) is 0 Å². The Morgan fingerprint density at radius 1 is 1.23 bits per heavy atom. The summed E-state index contributed by atoms with van der Waals surface area (Å²) >= 11 is 0. The number of nitrogens with zero attached hydrogens (tertiary/aromatic N) is 2. The third-order valence-corrected chi connectivity index (χ3v) is 4.23. The van der Waals surface area contributed by atoms with Gasteiger partial charge in [-0.05, 0) is 17.5 Å². The van der Waals surface area contributed by atoms with E-state index in [1.807, 2.05) is 30.3 Å². The molecule has 2 aromatic heterocycles. The molecule has 22 heavy (non-hydrogen) atoms. The third kappa shape index (κ3) is 1.77. The number of nitrogens with one attached hydrogen (secondary N) is 2. The number of carbonyl (C=O) groups excluding carboxylic acids is 1. The number of pyridine rings is 1. The minimum atomic E-state index is -0.272. The van der Waals surface area contributed by atoms with Crippen molar-refractivity contribution >= 4 is 22.6 Å². The molecule has 1 aromatic carbocycles. The number of H-pyrrole nitrogens is 1. The molecule has 1 unspecified atom stereocenters. The molecule has 1 atom stereocenters. The Kier molecular flexibility index (Phi) is 2.66. The highest BCUT2D eigenvalue weighted by atomic mass is 16.2. The SMILES string of the molecule is Cn1c(=O)c(C2CC(=O)Nc3[nH]ncc32)cc2ccccc21. The normalized spacial score (nSPS) is 17.3. The predicted octanol–water partition coefficient (Wildman–Crippen LogP) is 1.74. The fourth-order valence-electron chi connectivity index (χ4n) is 3.12. The van der Waals surface area contributed by atoms with Gasteiger partial charge < -0.3 is 9.88 Å². The number of hydrogen-bond donors (Lipinski definition) is 2. The summed E-state index contributed by atoms with van der Waals surface area (Å²) in [6.07, 6.45) is 1.92. The van der Waals surface area contributed by atoms with Crippen molar-refractivity contribution in [1.82, 2.24) is 14.8 Å². The third-order valence-electron chi connectivity index (χ3n) is 4.23. The van der Waals surface area contributed by atoms with Gasteiger partial charge in [0.25, 0.3) is 5.56 Å². The van der Waals surface area contributed by atoms with E-state index in [2.05, 4.69) is 15.5 Å². The van der Waals surface area contributed by atoms with E-state index < -0.39 is 0 Å². The minimum Gasteiger partial charge on any atom is -0.311 e. The summed E-state index contributed by atoms with van der Waals surface area (Å²) in [6, 6.07) is 9.61. The Morgan fingerprint density at radius 2 is 2.05 bits per heavy atom. The molecule has 0 aliphatic carbocycles. The van der Waals surface area contributed by atoms with Gasteiger partial charge >= 0.3 is 0 Å². The van der Waals surface area contributed by atoms with Gasteiger partial charge in [-0.25, -0.2) is 0 Å². The molecule has 110 valence electrons. The van der Waals surface area contributed by atoms with Gasteiger partial charge in [-0.3, -0.25) is 14.7 Å². The zero-order valence-electron chi connectivity index (χ0n) is 12.0. The first-order chi connectivity index (χ1) is 10.6. The smallest absolute Gasteiger partial charge is 0.254 e. The van der Waals surface area contributed by atoms with Crippen molar-refractivity contribution in [2.24, 2.45) is 7.05 Å². The van der Waals surface area contributed by atoms with Crippen LogP contribution < -0.4 is 10.9 Å². The fraction of sp³-hybridized carbons (Fsp3) is 0.188. The molecule has 4 rings (SSSR count). The van der Waals surface area contributed by atoms with Gasteiger partial charge in [0.2, 0.25) is 5.91 Å². The largest absolute Gasteiger partial charge is 0.311 e. The topological polar surface area (TPSA) is 79.8 Å². The van der Waals surface area contributed by atoms with Gasteiger partial charge in [0, 0.05) is 30.5 Å². The molecule has 1 aliphatic heterocycles. The maximum absolute atomic E-state index is 12.7. The number of fused-ring (bicyclic) bond motifs is 2. The van der Waals surface area contributed by atoms with Gasteiger partial charge in [0.15, 0.2) is 0 Å². The number of aromatic nitrogens is 3. The zero-order valence-corrected chi connectivity index (χ0v) is 12.0. The second-order valence-electron chi connectivity index (χ2n) is 5.53. The maximum Gasteiger partial charge on any atom is 0.254 e. The van der Waals surface area contributed by atoms with Gasteiger partial charge in [-0.1, -0.05) is 18.2 Å². The highest BCUT2D eigenvalue weighted by molar-refractivity contribution is 5.94. The van der Waals surface area contributed by atoms with E-state index in [0.29, 0.717) is 11.4 Å². The summed E-state index contributed by atoms with van der Waals surface area (Å²) in [5.41, 5.74) is 2.28. The summed E-state index contributed by atoms with van der Waals surface area (Å²) in [4.78, 5) is 24.6. The van der Waals surface area contributed by atoms with E-state index in [-0.39, 0.29) is 23.8 Å². The number of anilines is 1.